The van der Waals surface area contributed by atoms with Crippen LogP contribution in [-0.4, -0.2) is 39.0 Å². The first-order valence-electron chi connectivity index (χ1n) is 12.4. The molecule has 2 aromatic carbocycles. The number of halogens is 1. The number of allylic oxidation sites excluding steroid dienone is 4. The Morgan fingerprint density at radius 1 is 1.00 bits per heavy atom. The van der Waals surface area contributed by atoms with E-state index < -0.39 is 16.8 Å². The van der Waals surface area contributed by atoms with Gasteiger partial charge in [-0.25, -0.2) is 0 Å². The van der Waals surface area contributed by atoms with Crippen LogP contribution in [0.5, 0.6) is 5.75 Å². The van der Waals surface area contributed by atoms with Gasteiger partial charge in [-0.3, -0.25) is 24.5 Å². The zero-order valence-electron chi connectivity index (χ0n) is 20.4. The number of nitro groups is 1. The summed E-state index contributed by atoms with van der Waals surface area (Å²) in [5.41, 5.74) is 4.03. The number of hydrogen-bond donors (Lipinski definition) is 1. The lowest BCUT2D eigenvalue weighted by atomic mass is 9.71. The molecule has 10 heteroatoms. The van der Waals surface area contributed by atoms with Crippen molar-refractivity contribution in [2.24, 2.45) is 0 Å². The summed E-state index contributed by atoms with van der Waals surface area (Å²) in [6.07, 6.45) is 3.21. The van der Waals surface area contributed by atoms with Crippen molar-refractivity contribution in [1.29, 1.82) is 0 Å². The van der Waals surface area contributed by atoms with Crippen LogP contribution in [0.3, 0.4) is 0 Å². The van der Waals surface area contributed by atoms with E-state index in [-0.39, 0.29) is 30.4 Å². The van der Waals surface area contributed by atoms with Gasteiger partial charge in [0.15, 0.2) is 11.6 Å². The summed E-state index contributed by atoms with van der Waals surface area (Å²) in [6.45, 7) is -0.0743. The van der Waals surface area contributed by atoms with Gasteiger partial charge in [-0.2, -0.15) is 0 Å². The van der Waals surface area contributed by atoms with Crippen molar-refractivity contribution >= 4 is 39.2 Å². The predicted octanol–water partition coefficient (Wildman–Crippen LogP) is 5.43. The largest absolute Gasteiger partial charge is 0.488 e. The average molecular weight is 581 g/mol. The number of carbonyl (C=O) groups excluding carboxylic acids is 2. The van der Waals surface area contributed by atoms with E-state index in [4.69, 9.17) is 4.74 Å². The van der Waals surface area contributed by atoms with Crippen LogP contribution in [0.2, 0.25) is 0 Å². The standard InChI is InChI=1S/C28H25BrN2O7/c29-19-13-17(9-12-24(19)38-15-16-7-10-18(11-8-16)31(36)37)26-27-20(3-1-5-22(27)32)30(14-25(34)35)21-4-2-6-23(33)28(21)26/h7-13,26H,1-6,14-15H2,(H,34,35). The van der Waals surface area contributed by atoms with E-state index in [1.54, 1.807) is 23.1 Å². The number of nitro benzene ring substituents is 1. The molecule has 0 radical (unpaired) electrons. The average Bonchev–Trinajstić information content (AvgIpc) is 2.89. The summed E-state index contributed by atoms with van der Waals surface area (Å²) < 4.78 is 6.57. The lowest BCUT2D eigenvalue weighted by molar-refractivity contribution is -0.384. The summed E-state index contributed by atoms with van der Waals surface area (Å²) >= 11 is 3.56. The van der Waals surface area contributed by atoms with Crippen LogP contribution in [0, 0.1) is 10.1 Å². The van der Waals surface area contributed by atoms with Crippen molar-refractivity contribution in [2.75, 3.05) is 6.54 Å². The minimum Gasteiger partial charge on any atom is -0.488 e. The third-order valence-electron chi connectivity index (χ3n) is 7.21. The van der Waals surface area contributed by atoms with E-state index >= 15 is 0 Å². The molecule has 1 N–H and O–H groups in total. The molecule has 2 aliphatic carbocycles. The monoisotopic (exact) mass is 580 g/mol. The number of Topliss-reactive ketones (excluding diaryl/α,β-unsaturated/α-hetero) is 2. The fourth-order valence-corrected chi connectivity index (χ4v) is 6.08. The van der Waals surface area contributed by atoms with Gasteiger partial charge < -0.3 is 14.7 Å². The number of ketones is 2. The lowest BCUT2D eigenvalue weighted by Gasteiger charge is -2.43. The first kappa shape index (κ1) is 25.8. The molecule has 0 spiro atoms. The Bertz CT molecular complexity index is 1370. The zero-order valence-corrected chi connectivity index (χ0v) is 22.0. The molecule has 2 aromatic rings. The highest BCUT2D eigenvalue weighted by Crippen LogP contribution is 2.49. The first-order chi connectivity index (χ1) is 18.2. The molecule has 38 heavy (non-hydrogen) atoms. The molecule has 0 unspecified atom stereocenters. The number of rotatable bonds is 7. The van der Waals surface area contributed by atoms with Gasteiger partial charge in [-0.05, 0) is 77.0 Å². The number of nitrogens with zero attached hydrogens (tertiary/aromatic N) is 2. The van der Waals surface area contributed by atoms with Gasteiger partial charge in [0.25, 0.3) is 5.69 Å². The lowest BCUT2D eigenvalue weighted by Crippen LogP contribution is -2.41. The number of carboxylic acid groups (broad SMARTS) is 1. The molecule has 0 bridgehead atoms. The molecule has 0 aromatic heterocycles. The fraction of sp³-hybridized carbons (Fsp3) is 0.321. The van der Waals surface area contributed by atoms with Gasteiger partial charge in [-0.1, -0.05) is 6.07 Å². The normalized spacial score (nSPS) is 17.9. The van der Waals surface area contributed by atoms with Gasteiger partial charge in [0.2, 0.25) is 0 Å². The topological polar surface area (TPSA) is 127 Å². The Hall–Kier alpha value is -3.79. The smallest absolute Gasteiger partial charge is 0.323 e. The maximum Gasteiger partial charge on any atom is 0.323 e. The molecule has 0 saturated carbocycles. The molecule has 0 saturated heterocycles. The molecule has 1 aliphatic heterocycles. The highest BCUT2D eigenvalue weighted by atomic mass is 79.9. The number of benzene rings is 2. The number of carboxylic acids is 1. The van der Waals surface area contributed by atoms with Crippen LogP contribution in [-0.2, 0) is 21.0 Å². The third kappa shape index (κ3) is 4.88. The quantitative estimate of drug-likeness (QED) is 0.339. The predicted molar refractivity (Wildman–Crippen MR) is 140 cm³/mol. The summed E-state index contributed by atoms with van der Waals surface area (Å²) in [5.74, 6) is -1.11. The van der Waals surface area contributed by atoms with E-state index in [1.165, 1.54) is 12.1 Å². The minimum absolute atomic E-state index is 0.00514. The van der Waals surface area contributed by atoms with Gasteiger partial charge in [0.05, 0.1) is 9.40 Å². The summed E-state index contributed by atoms with van der Waals surface area (Å²) in [7, 11) is 0. The summed E-state index contributed by atoms with van der Waals surface area (Å²) in [4.78, 5) is 50.3. The molecule has 0 fully saturated rings. The first-order valence-corrected chi connectivity index (χ1v) is 13.2. The van der Waals surface area contributed by atoms with Crippen molar-refractivity contribution in [3.8, 4) is 5.75 Å². The van der Waals surface area contributed by atoms with E-state index in [0.29, 0.717) is 59.9 Å². The molecule has 0 atom stereocenters. The molecular weight excluding hydrogens is 556 g/mol. The summed E-state index contributed by atoms with van der Waals surface area (Å²) in [6, 6.07) is 11.6. The molecule has 0 amide bonds. The Morgan fingerprint density at radius 2 is 1.61 bits per heavy atom. The highest BCUT2D eigenvalue weighted by Gasteiger charge is 2.43. The highest BCUT2D eigenvalue weighted by molar-refractivity contribution is 9.10. The van der Waals surface area contributed by atoms with Gasteiger partial charge in [-0.15, -0.1) is 0 Å². The van der Waals surface area contributed by atoms with Gasteiger partial charge in [0, 0.05) is 53.4 Å². The van der Waals surface area contributed by atoms with Crippen LogP contribution in [0.1, 0.15) is 55.6 Å². The number of ether oxygens (including phenoxy) is 1. The Balaban J connectivity index is 1.49. The van der Waals surface area contributed by atoms with Gasteiger partial charge in [0.1, 0.15) is 18.9 Å². The van der Waals surface area contributed by atoms with Crippen LogP contribution in [0.4, 0.5) is 5.69 Å². The Morgan fingerprint density at radius 3 is 2.13 bits per heavy atom. The number of hydrogen-bond acceptors (Lipinski definition) is 7. The van der Waals surface area contributed by atoms with Crippen LogP contribution in [0.25, 0.3) is 0 Å². The molecular formula is C28H25BrN2O7. The second kappa shape index (κ2) is 10.5. The molecule has 5 rings (SSSR count). The van der Waals surface area contributed by atoms with E-state index in [1.807, 2.05) is 12.1 Å². The Kier molecular flexibility index (Phi) is 7.16. The molecule has 196 valence electrons. The fourth-order valence-electron chi connectivity index (χ4n) is 5.56. The minimum atomic E-state index is -1.00. The SMILES string of the molecule is O=C(O)CN1C2=C(C(=O)CCC2)C(c2ccc(OCc3ccc([N+](=O)[O-])cc3)c(Br)c2)C2=C1CCCC2=O. The van der Waals surface area contributed by atoms with Crippen molar-refractivity contribution in [3.63, 3.8) is 0 Å². The number of carbonyl (C=O) groups is 3. The number of aliphatic carboxylic acids is 1. The van der Waals surface area contributed by atoms with Crippen molar-refractivity contribution < 1.29 is 29.2 Å². The van der Waals surface area contributed by atoms with Crippen molar-refractivity contribution in [1.82, 2.24) is 4.90 Å². The third-order valence-corrected chi connectivity index (χ3v) is 7.83. The van der Waals surface area contributed by atoms with Crippen molar-refractivity contribution in [2.45, 2.75) is 51.0 Å². The molecule has 3 aliphatic rings. The second-order valence-corrected chi connectivity index (χ2v) is 10.4. The van der Waals surface area contributed by atoms with E-state index in [2.05, 4.69) is 15.9 Å². The van der Waals surface area contributed by atoms with E-state index in [0.717, 1.165) is 22.5 Å². The van der Waals surface area contributed by atoms with Crippen LogP contribution >= 0.6 is 15.9 Å². The molecule has 9 nitrogen and oxygen atoms in total. The maximum absolute atomic E-state index is 13.3. The van der Waals surface area contributed by atoms with Crippen LogP contribution < -0.4 is 4.74 Å². The van der Waals surface area contributed by atoms with E-state index in [9.17, 15) is 29.6 Å². The Labute approximate surface area is 227 Å². The van der Waals surface area contributed by atoms with Crippen molar-refractivity contribution in [3.05, 3.63) is 90.7 Å². The summed E-state index contributed by atoms with van der Waals surface area (Å²) in [5, 5.41) is 20.5. The number of non-ortho nitro benzene ring substituents is 1. The maximum atomic E-state index is 13.3. The zero-order chi connectivity index (χ0) is 27.0. The van der Waals surface area contributed by atoms with Gasteiger partial charge >= 0.3 is 5.97 Å². The second-order valence-electron chi connectivity index (χ2n) is 9.59. The molecule has 1 heterocycles. The van der Waals surface area contributed by atoms with Crippen LogP contribution in [0.15, 0.2) is 69.5 Å².